The first-order valence-electron chi connectivity index (χ1n) is 8.81. The summed E-state index contributed by atoms with van der Waals surface area (Å²) in [6, 6.07) is 9.66. The van der Waals surface area contributed by atoms with Crippen molar-refractivity contribution in [1.29, 1.82) is 0 Å². The van der Waals surface area contributed by atoms with Crippen molar-refractivity contribution in [3.05, 3.63) is 46.6 Å². The molecule has 2 heterocycles. The Labute approximate surface area is 165 Å². The Morgan fingerprint density at radius 2 is 2.00 bits per heavy atom. The molecule has 0 aliphatic carbocycles. The number of ether oxygens (including phenoxy) is 3. The molecule has 1 aliphatic heterocycles. The van der Waals surface area contributed by atoms with Gasteiger partial charge in [-0.2, -0.15) is 0 Å². The fourth-order valence-electron chi connectivity index (χ4n) is 3.17. The van der Waals surface area contributed by atoms with Crippen LogP contribution in [-0.4, -0.2) is 43.8 Å². The van der Waals surface area contributed by atoms with Crippen LogP contribution in [0.1, 0.15) is 24.1 Å². The van der Waals surface area contributed by atoms with Crippen LogP contribution in [0.25, 0.3) is 0 Å². The van der Waals surface area contributed by atoms with E-state index in [1.54, 1.807) is 27.4 Å². The second kappa shape index (κ2) is 8.98. The van der Waals surface area contributed by atoms with Crippen molar-refractivity contribution >= 4 is 11.6 Å². The third-order valence-electron chi connectivity index (χ3n) is 4.61. The lowest BCUT2D eigenvalue weighted by Gasteiger charge is -2.21. The van der Waals surface area contributed by atoms with E-state index in [2.05, 4.69) is 21.7 Å². The maximum absolute atomic E-state index is 6.02. The van der Waals surface area contributed by atoms with Gasteiger partial charge in [0.15, 0.2) is 0 Å². The lowest BCUT2D eigenvalue weighted by molar-refractivity contribution is 0.281. The number of methoxy groups -OCH3 is 3. The van der Waals surface area contributed by atoms with E-state index in [0.29, 0.717) is 16.6 Å². The summed E-state index contributed by atoms with van der Waals surface area (Å²) in [7, 11) is 4.88. The molecule has 1 aromatic heterocycles. The molecule has 0 N–H and O–H groups in total. The lowest BCUT2D eigenvalue weighted by atomic mass is 10.1. The second-order valence-electron chi connectivity index (χ2n) is 6.26. The number of hydrogen-bond acceptors (Lipinski definition) is 5. The number of hydrogen-bond donors (Lipinski definition) is 0. The third-order valence-corrected chi connectivity index (χ3v) is 4.89. The van der Waals surface area contributed by atoms with E-state index >= 15 is 0 Å². The van der Waals surface area contributed by atoms with Gasteiger partial charge in [-0.15, -0.1) is 0 Å². The Hall–Kier alpha value is -2.42. The van der Waals surface area contributed by atoms with Gasteiger partial charge in [0, 0.05) is 18.2 Å². The molecular formula is C21H23ClN2O3. The molecular weight excluding hydrogens is 364 g/mol. The van der Waals surface area contributed by atoms with Gasteiger partial charge >= 0.3 is 0 Å². The second-order valence-corrected chi connectivity index (χ2v) is 6.67. The zero-order valence-corrected chi connectivity index (χ0v) is 16.5. The van der Waals surface area contributed by atoms with Crippen molar-refractivity contribution in [3.63, 3.8) is 0 Å². The largest absolute Gasteiger partial charge is 0.497 e. The van der Waals surface area contributed by atoms with Gasteiger partial charge in [0.05, 0.1) is 27.4 Å². The first kappa shape index (κ1) is 19.3. The molecule has 0 saturated carbocycles. The topological polar surface area (TPSA) is 43.8 Å². The summed E-state index contributed by atoms with van der Waals surface area (Å²) in [4.78, 5) is 6.69. The highest BCUT2D eigenvalue weighted by molar-refractivity contribution is 6.31. The van der Waals surface area contributed by atoms with E-state index in [1.165, 1.54) is 0 Å². The van der Waals surface area contributed by atoms with E-state index in [0.717, 1.165) is 43.0 Å². The lowest BCUT2D eigenvalue weighted by Crippen LogP contribution is -2.27. The van der Waals surface area contributed by atoms with Gasteiger partial charge < -0.3 is 14.2 Å². The zero-order chi connectivity index (χ0) is 19.2. The van der Waals surface area contributed by atoms with Gasteiger partial charge in [0.25, 0.3) is 0 Å². The van der Waals surface area contributed by atoms with Crippen LogP contribution in [0.2, 0.25) is 5.02 Å². The molecule has 1 saturated heterocycles. The Morgan fingerprint density at radius 3 is 2.74 bits per heavy atom. The van der Waals surface area contributed by atoms with Crippen molar-refractivity contribution in [2.45, 2.75) is 25.4 Å². The molecule has 142 valence electrons. The zero-order valence-electron chi connectivity index (χ0n) is 15.8. The third kappa shape index (κ3) is 4.65. The summed E-state index contributed by atoms with van der Waals surface area (Å²) in [5.41, 5.74) is 1.78. The van der Waals surface area contributed by atoms with Crippen LogP contribution in [0.15, 0.2) is 30.3 Å². The quantitative estimate of drug-likeness (QED) is 0.732. The summed E-state index contributed by atoms with van der Waals surface area (Å²) in [6.07, 6.45) is 2.16. The smallest absolute Gasteiger partial charge is 0.233 e. The molecule has 0 amide bonds. The SMILES string of the molecule is COc1ccc(CN2CCC[C@@H]2C#Cc2ccc(Cl)c(OC)n2)c(OC)c1. The highest BCUT2D eigenvalue weighted by Crippen LogP contribution is 2.28. The molecule has 0 spiro atoms. The standard InChI is InChI=1S/C21H23ClN2O3/c1-25-18-10-6-15(20(13-18)26-2)14-24-12-4-5-17(24)9-7-16-8-11-19(22)21(23-16)27-3/h6,8,10-11,13,17H,4-5,12,14H2,1-3H3/t17-/m1/s1. The van der Waals surface area contributed by atoms with E-state index in [-0.39, 0.29) is 6.04 Å². The average molecular weight is 387 g/mol. The van der Waals surface area contributed by atoms with Crippen molar-refractivity contribution in [3.8, 4) is 29.2 Å². The predicted octanol–water partition coefficient (Wildman–Crippen LogP) is 3.78. The molecule has 27 heavy (non-hydrogen) atoms. The molecule has 2 aromatic rings. The molecule has 0 unspecified atom stereocenters. The number of benzene rings is 1. The van der Waals surface area contributed by atoms with Crippen LogP contribution in [0.5, 0.6) is 17.4 Å². The minimum Gasteiger partial charge on any atom is -0.497 e. The normalized spacial score (nSPS) is 16.5. The summed E-state index contributed by atoms with van der Waals surface area (Å²) in [5.74, 6) is 8.52. The number of likely N-dealkylation sites (tertiary alicyclic amines) is 1. The highest BCUT2D eigenvalue weighted by atomic mass is 35.5. The Bertz CT molecular complexity index is 860. The van der Waals surface area contributed by atoms with Crippen molar-refractivity contribution in [2.75, 3.05) is 27.9 Å². The van der Waals surface area contributed by atoms with Crippen molar-refractivity contribution < 1.29 is 14.2 Å². The molecule has 1 aliphatic rings. The molecule has 6 heteroatoms. The maximum Gasteiger partial charge on any atom is 0.233 e. The van der Waals surface area contributed by atoms with Crippen LogP contribution < -0.4 is 14.2 Å². The monoisotopic (exact) mass is 386 g/mol. The maximum atomic E-state index is 6.02. The number of pyridine rings is 1. The number of nitrogens with zero attached hydrogens (tertiary/aromatic N) is 2. The van der Waals surface area contributed by atoms with E-state index in [9.17, 15) is 0 Å². The summed E-state index contributed by atoms with van der Waals surface area (Å²) < 4.78 is 16.0. The van der Waals surface area contributed by atoms with E-state index < -0.39 is 0 Å². The Balaban J connectivity index is 1.75. The molecule has 1 fully saturated rings. The molecule has 1 aromatic carbocycles. The fraction of sp³-hybridized carbons (Fsp3) is 0.381. The molecule has 5 nitrogen and oxygen atoms in total. The number of rotatable bonds is 5. The van der Waals surface area contributed by atoms with Gasteiger partial charge in [0.1, 0.15) is 22.2 Å². The van der Waals surface area contributed by atoms with Gasteiger partial charge in [-0.25, -0.2) is 4.98 Å². The predicted molar refractivity (Wildman–Crippen MR) is 106 cm³/mol. The van der Waals surface area contributed by atoms with Gasteiger partial charge in [-0.1, -0.05) is 23.6 Å². The Kier molecular flexibility index (Phi) is 6.44. The van der Waals surface area contributed by atoms with E-state index in [1.807, 2.05) is 24.3 Å². The number of aromatic nitrogens is 1. The van der Waals surface area contributed by atoms with Crippen LogP contribution in [0.4, 0.5) is 0 Å². The fourth-order valence-corrected chi connectivity index (χ4v) is 3.36. The average Bonchev–Trinajstić information content (AvgIpc) is 3.14. The van der Waals surface area contributed by atoms with Gasteiger partial charge in [0.2, 0.25) is 5.88 Å². The van der Waals surface area contributed by atoms with Crippen LogP contribution in [0.3, 0.4) is 0 Å². The van der Waals surface area contributed by atoms with E-state index in [4.69, 9.17) is 25.8 Å². The van der Waals surface area contributed by atoms with Gasteiger partial charge in [-0.05, 0) is 43.5 Å². The van der Waals surface area contributed by atoms with Crippen molar-refractivity contribution in [1.82, 2.24) is 9.88 Å². The molecule has 3 rings (SSSR count). The van der Waals surface area contributed by atoms with Crippen LogP contribution >= 0.6 is 11.6 Å². The van der Waals surface area contributed by atoms with Crippen molar-refractivity contribution in [2.24, 2.45) is 0 Å². The molecule has 1 atom stereocenters. The minimum atomic E-state index is 0.181. The molecule has 0 radical (unpaired) electrons. The number of halogens is 1. The minimum absolute atomic E-state index is 0.181. The molecule has 0 bridgehead atoms. The first-order chi connectivity index (χ1) is 13.1. The highest BCUT2D eigenvalue weighted by Gasteiger charge is 2.24. The Morgan fingerprint density at radius 1 is 1.15 bits per heavy atom. The first-order valence-corrected chi connectivity index (χ1v) is 9.19. The summed E-state index contributed by atoms with van der Waals surface area (Å²) in [6.45, 7) is 1.79. The van der Waals surface area contributed by atoms with Gasteiger partial charge in [-0.3, -0.25) is 4.90 Å². The summed E-state index contributed by atoms with van der Waals surface area (Å²) >= 11 is 6.02. The van der Waals surface area contributed by atoms with Crippen LogP contribution in [-0.2, 0) is 6.54 Å². The van der Waals surface area contributed by atoms with Crippen LogP contribution in [0, 0.1) is 11.8 Å². The summed E-state index contributed by atoms with van der Waals surface area (Å²) in [5, 5.41) is 0.483.